The highest BCUT2D eigenvalue weighted by Gasteiger charge is 2.51. The minimum absolute atomic E-state index is 0.328. The smallest absolute Gasteiger partial charge is 0.494 e. The molecule has 150 valence electrons. The zero-order valence-electron chi connectivity index (χ0n) is 18.0. The third kappa shape index (κ3) is 4.52. The van der Waals surface area contributed by atoms with Crippen molar-refractivity contribution in [1.82, 2.24) is 0 Å². The van der Waals surface area contributed by atoms with Crippen LogP contribution in [-0.4, -0.2) is 31.5 Å². The van der Waals surface area contributed by atoms with Crippen molar-refractivity contribution in [3.8, 4) is 5.75 Å². The molecule has 1 aliphatic carbocycles. The van der Waals surface area contributed by atoms with Crippen molar-refractivity contribution in [1.29, 1.82) is 0 Å². The second kappa shape index (κ2) is 7.77. The van der Waals surface area contributed by atoms with Gasteiger partial charge in [0.05, 0.1) is 31.0 Å². The SMILES string of the molecule is COc1ccc(B2OC(C)(C)C(C)(C)O2)cc1COC1CC(C)CC(C)C1. The molecule has 0 radical (unpaired) electrons. The zero-order chi connectivity index (χ0) is 19.8. The first kappa shape index (κ1) is 20.7. The topological polar surface area (TPSA) is 36.9 Å². The molecule has 0 aromatic heterocycles. The summed E-state index contributed by atoms with van der Waals surface area (Å²) in [7, 11) is 1.34. The molecule has 1 aromatic carbocycles. The molecule has 5 heteroatoms. The Kier molecular flexibility index (Phi) is 5.95. The second-order valence-electron chi connectivity index (χ2n) is 9.51. The van der Waals surface area contributed by atoms with Crippen LogP contribution < -0.4 is 10.2 Å². The van der Waals surface area contributed by atoms with Gasteiger partial charge in [0.2, 0.25) is 0 Å². The van der Waals surface area contributed by atoms with Gasteiger partial charge >= 0.3 is 7.12 Å². The van der Waals surface area contributed by atoms with Gasteiger partial charge in [0.25, 0.3) is 0 Å². The first-order valence-electron chi connectivity index (χ1n) is 10.3. The number of methoxy groups -OCH3 is 1. The minimum atomic E-state index is -0.366. The summed E-state index contributed by atoms with van der Waals surface area (Å²) < 4.78 is 24.3. The summed E-state index contributed by atoms with van der Waals surface area (Å²) in [6, 6.07) is 6.12. The molecule has 3 rings (SSSR count). The van der Waals surface area contributed by atoms with Crippen LogP contribution in [0, 0.1) is 11.8 Å². The summed E-state index contributed by atoms with van der Waals surface area (Å²) in [6.45, 7) is 13.5. The number of benzene rings is 1. The Morgan fingerprint density at radius 1 is 1.00 bits per heavy atom. The fourth-order valence-corrected chi connectivity index (χ4v) is 4.25. The second-order valence-corrected chi connectivity index (χ2v) is 9.51. The maximum absolute atomic E-state index is 6.29. The third-order valence-corrected chi connectivity index (χ3v) is 6.44. The Balaban J connectivity index is 1.73. The van der Waals surface area contributed by atoms with Crippen LogP contribution in [-0.2, 0) is 20.7 Å². The van der Waals surface area contributed by atoms with Gasteiger partial charge in [0.1, 0.15) is 5.75 Å². The predicted molar refractivity (Wildman–Crippen MR) is 109 cm³/mol. The normalized spacial score (nSPS) is 29.7. The lowest BCUT2D eigenvalue weighted by Crippen LogP contribution is -2.41. The highest BCUT2D eigenvalue weighted by Crippen LogP contribution is 2.37. The molecule has 0 bridgehead atoms. The Morgan fingerprint density at radius 2 is 1.59 bits per heavy atom. The molecule has 4 nitrogen and oxygen atoms in total. The average molecular weight is 374 g/mol. The van der Waals surface area contributed by atoms with Crippen LogP contribution in [0.25, 0.3) is 0 Å². The molecule has 2 atom stereocenters. The number of hydrogen-bond donors (Lipinski definition) is 0. The molecule has 2 fully saturated rings. The Morgan fingerprint density at radius 3 is 2.15 bits per heavy atom. The van der Waals surface area contributed by atoms with Crippen molar-refractivity contribution in [2.24, 2.45) is 11.8 Å². The molecule has 1 heterocycles. The standard InChI is InChI=1S/C22H35BO4/c1-15-10-16(2)12-19(11-15)25-14-17-13-18(8-9-20(17)24-7)23-26-21(3,4)22(5,6)27-23/h8-9,13,15-16,19H,10-12,14H2,1-7H3. The third-order valence-electron chi connectivity index (χ3n) is 6.44. The van der Waals surface area contributed by atoms with Gasteiger partial charge in [-0.2, -0.15) is 0 Å². The number of ether oxygens (including phenoxy) is 2. The van der Waals surface area contributed by atoms with Crippen molar-refractivity contribution in [3.63, 3.8) is 0 Å². The summed E-state index contributed by atoms with van der Waals surface area (Å²) >= 11 is 0. The molecule has 0 spiro atoms. The van der Waals surface area contributed by atoms with Gasteiger partial charge in [-0.05, 0) is 70.3 Å². The van der Waals surface area contributed by atoms with Gasteiger partial charge in [-0.15, -0.1) is 0 Å². The minimum Gasteiger partial charge on any atom is -0.496 e. The average Bonchev–Trinajstić information content (AvgIpc) is 2.79. The first-order valence-corrected chi connectivity index (χ1v) is 10.3. The van der Waals surface area contributed by atoms with E-state index in [4.69, 9.17) is 18.8 Å². The lowest BCUT2D eigenvalue weighted by Gasteiger charge is -2.32. The summed E-state index contributed by atoms with van der Waals surface area (Å²) in [5.41, 5.74) is 1.37. The van der Waals surface area contributed by atoms with Crippen LogP contribution in [0.15, 0.2) is 18.2 Å². The van der Waals surface area contributed by atoms with Gasteiger partial charge in [0.15, 0.2) is 0 Å². The van der Waals surface area contributed by atoms with E-state index in [1.54, 1.807) is 7.11 Å². The summed E-state index contributed by atoms with van der Waals surface area (Å²) in [5, 5.41) is 0. The van der Waals surface area contributed by atoms with Gasteiger partial charge in [0, 0.05) is 5.56 Å². The quantitative estimate of drug-likeness (QED) is 0.719. The van der Waals surface area contributed by atoms with E-state index in [9.17, 15) is 0 Å². The van der Waals surface area contributed by atoms with Crippen LogP contribution in [0.3, 0.4) is 0 Å². The van der Waals surface area contributed by atoms with Crippen molar-refractivity contribution >= 4 is 12.6 Å². The molecule has 2 unspecified atom stereocenters. The fourth-order valence-electron chi connectivity index (χ4n) is 4.25. The van der Waals surface area contributed by atoms with E-state index >= 15 is 0 Å². The van der Waals surface area contributed by atoms with E-state index < -0.39 is 0 Å². The molecular weight excluding hydrogens is 339 g/mol. The largest absolute Gasteiger partial charge is 0.496 e. The van der Waals surface area contributed by atoms with Crippen LogP contribution in [0.4, 0.5) is 0 Å². The van der Waals surface area contributed by atoms with E-state index in [-0.39, 0.29) is 18.3 Å². The van der Waals surface area contributed by atoms with E-state index in [0.717, 1.165) is 41.5 Å². The Labute approximate surface area is 165 Å². The highest BCUT2D eigenvalue weighted by molar-refractivity contribution is 6.62. The molecule has 2 aliphatic rings. The molecule has 1 saturated carbocycles. The summed E-state index contributed by atoms with van der Waals surface area (Å²) in [4.78, 5) is 0. The van der Waals surface area contributed by atoms with Crippen LogP contribution in [0.5, 0.6) is 5.75 Å². The summed E-state index contributed by atoms with van der Waals surface area (Å²) in [5.74, 6) is 2.32. The van der Waals surface area contributed by atoms with Gasteiger partial charge in [-0.25, -0.2) is 0 Å². The van der Waals surface area contributed by atoms with E-state index in [1.165, 1.54) is 6.42 Å². The lowest BCUT2D eigenvalue weighted by molar-refractivity contribution is -0.00974. The van der Waals surface area contributed by atoms with Crippen LogP contribution in [0.1, 0.15) is 66.4 Å². The number of hydrogen-bond acceptors (Lipinski definition) is 4. The Bertz CT molecular complexity index is 632. The molecule has 27 heavy (non-hydrogen) atoms. The highest BCUT2D eigenvalue weighted by atomic mass is 16.7. The molecule has 0 amide bonds. The molecule has 1 aromatic rings. The van der Waals surface area contributed by atoms with E-state index in [0.29, 0.717) is 12.7 Å². The van der Waals surface area contributed by atoms with E-state index in [2.05, 4.69) is 47.6 Å². The molecule has 1 saturated heterocycles. The Hall–Kier alpha value is -1.04. The monoisotopic (exact) mass is 374 g/mol. The van der Waals surface area contributed by atoms with Crippen molar-refractivity contribution < 1.29 is 18.8 Å². The molecular formula is C22H35BO4. The van der Waals surface area contributed by atoms with Crippen LogP contribution in [0.2, 0.25) is 0 Å². The molecule has 0 N–H and O–H groups in total. The summed E-state index contributed by atoms with van der Waals surface area (Å²) in [6.07, 6.45) is 3.92. The van der Waals surface area contributed by atoms with Crippen molar-refractivity contribution in [2.75, 3.05) is 7.11 Å². The maximum Gasteiger partial charge on any atom is 0.494 e. The predicted octanol–water partition coefficient (Wildman–Crippen LogP) is 4.34. The van der Waals surface area contributed by atoms with Crippen molar-refractivity contribution in [3.05, 3.63) is 23.8 Å². The van der Waals surface area contributed by atoms with E-state index in [1.807, 2.05) is 12.1 Å². The van der Waals surface area contributed by atoms with Gasteiger partial charge < -0.3 is 18.8 Å². The molecule has 1 aliphatic heterocycles. The zero-order valence-corrected chi connectivity index (χ0v) is 18.0. The van der Waals surface area contributed by atoms with Crippen molar-refractivity contribution in [2.45, 2.75) is 84.7 Å². The van der Waals surface area contributed by atoms with Gasteiger partial charge in [-0.3, -0.25) is 0 Å². The number of rotatable bonds is 5. The first-order chi connectivity index (χ1) is 12.6. The fraction of sp³-hybridized carbons (Fsp3) is 0.727. The lowest BCUT2D eigenvalue weighted by atomic mass is 9.78. The van der Waals surface area contributed by atoms with Crippen LogP contribution >= 0.6 is 0 Å². The van der Waals surface area contributed by atoms with Gasteiger partial charge in [-0.1, -0.05) is 26.0 Å². The maximum atomic E-state index is 6.29.